The van der Waals surface area contributed by atoms with Crippen LogP contribution in [0.15, 0.2) is 48.5 Å². The minimum absolute atomic E-state index is 0.682. The van der Waals surface area contributed by atoms with Crippen molar-refractivity contribution in [3.63, 3.8) is 0 Å². The van der Waals surface area contributed by atoms with Crippen molar-refractivity contribution in [3.05, 3.63) is 59.7 Å². The molecule has 2 saturated carbocycles. The Morgan fingerprint density at radius 3 is 2.19 bits per heavy atom. The van der Waals surface area contributed by atoms with Crippen molar-refractivity contribution < 1.29 is 0 Å². The van der Waals surface area contributed by atoms with E-state index in [0.29, 0.717) is 5.92 Å². The molecule has 1 heterocycles. The summed E-state index contributed by atoms with van der Waals surface area (Å²) in [6, 6.07) is 19.7. The van der Waals surface area contributed by atoms with Gasteiger partial charge in [0.2, 0.25) is 0 Å². The fourth-order valence-corrected chi connectivity index (χ4v) is 6.70. The zero-order valence-electron chi connectivity index (χ0n) is 19.5. The third-order valence-electron chi connectivity index (χ3n) is 8.82. The van der Waals surface area contributed by atoms with Crippen LogP contribution >= 0.6 is 0 Å². The Morgan fingerprint density at radius 2 is 1.52 bits per heavy atom. The smallest absolute Gasteiger partial charge is 0.00960 e. The normalized spacial score (nSPS) is 27.7. The van der Waals surface area contributed by atoms with Crippen molar-refractivity contribution in [3.8, 4) is 11.1 Å². The Bertz CT molecular complexity index is 808. The van der Waals surface area contributed by atoms with Gasteiger partial charge in [0.15, 0.2) is 0 Å². The highest BCUT2D eigenvalue weighted by Crippen LogP contribution is 2.41. The van der Waals surface area contributed by atoms with Crippen LogP contribution in [0, 0.1) is 11.8 Å². The zero-order chi connectivity index (χ0) is 21.0. The largest absolute Gasteiger partial charge is 0.314 e. The topological polar surface area (TPSA) is 12.0 Å². The van der Waals surface area contributed by atoms with E-state index in [4.69, 9.17) is 0 Å². The standard InChI is InChI=1S/C30H41N/c1-22(8-9-23-5-2-3-6-23)24-10-12-25(13-11-24)26-14-16-27(17-15-26)28-18-19-29(21-28)30-7-4-20-31-30/h10-17,22-23,28-31H,2-9,18-21H2,1H3/t22?,28?,29?,30-/m0/s1. The van der Waals surface area contributed by atoms with Gasteiger partial charge in [-0.15, -0.1) is 0 Å². The molecule has 0 amide bonds. The summed E-state index contributed by atoms with van der Waals surface area (Å²) in [5.74, 6) is 3.35. The first kappa shape index (κ1) is 21.3. The maximum Gasteiger partial charge on any atom is 0.00960 e. The molecular formula is C30H41N. The fraction of sp³-hybridized carbons (Fsp3) is 0.600. The molecule has 3 aliphatic rings. The van der Waals surface area contributed by atoms with Crippen LogP contribution in [-0.2, 0) is 0 Å². The predicted molar refractivity (Wildman–Crippen MR) is 133 cm³/mol. The third-order valence-corrected chi connectivity index (χ3v) is 8.82. The number of nitrogens with one attached hydrogen (secondary N) is 1. The van der Waals surface area contributed by atoms with Crippen LogP contribution < -0.4 is 5.32 Å². The zero-order valence-corrected chi connectivity index (χ0v) is 19.5. The first-order valence-corrected chi connectivity index (χ1v) is 13.2. The van der Waals surface area contributed by atoms with Crippen molar-refractivity contribution in [2.24, 2.45) is 11.8 Å². The van der Waals surface area contributed by atoms with Gasteiger partial charge < -0.3 is 5.32 Å². The van der Waals surface area contributed by atoms with Gasteiger partial charge in [0.25, 0.3) is 0 Å². The molecule has 0 radical (unpaired) electrons. The van der Waals surface area contributed by atoms with E-state index >= 15 is 0 Å². The Morgan fingerprint density at radius 1 is 0.806 bits per heavy atom. The highest BCUT2D eigenvalue weighted by atomic mass is 14.9. The molecule has 1 aliphatic heterocycles. The summed E-state index contributed by atoms with van der Waals surface area (Å²) in [7, 11) is 0. The molecule has 1 N–H and O–H groups in total. The number of rotatable bonds is 7. The van der Waals surface area contributed by atoms with Crippen molar-refractivity contribution >= 4 is 0 Å². The Hall–Kier alpha value is -1.60. The first-order chi connectivity index (χ1) is 15.3. The van der Waals surface area contributed by atoms with Crippen LogP contribution in [0.4, 0.5) is 0 Å². The van der Waals surface area contributed by atoms with Crippen molar-refractivity contribution in [1.82, 2.24) is 5.32 Å². The Labute approximate surface area is 190 Å². The number of hydrogen-bond donors (Lipinski definition) is 1. The lowest BCUT2D eigenvalue weighted by Gasteiger charge is -2.19. The molecule has 2 aliphatic carbocycles. The fourth-order valence-electron chi connectivity index (χ4n) is 6.70. The van der Waals surface area contributed by atoms with Crippen molar-refractivity contribution in [2.75, 3.05) is 6.54 Å². The second kappa shape index (κ2) is 9.90. The monoisotopic (exact) mass is 415 g/mol. The Kier molecular flexibility index (Phi) is 6.79. The molecule has 0 aromatic heterocycles. The molecule has 3 fully saturated rings. The third kappa shape index (κ3) is 5.08. The summed E-state index contributed by atoms with van der Waals surface area (Å²) < 4.78 is 0. The van der Waals surface area contributed by atoms with E-state index in [1.807, 2.05) is 0 Å². The average Bonchev–Trinajstić information content (AvgIpc) is 3.60. The van der Waals surface area contributed by atoms with Gasteiger partial charge >= 0.3 is 0 Å². The van der Waals surface area contributed by atoms with Gasteiger partial charge in [-0.3, -0.25) is 0 Å². The van der Waals surface area contributed by atoms with Crippen molar-refractivity contribution in [2.45, 2.75) is 95.4 Å². The SMILES string of the molecule is CC(CCC1CCCC1)c1ccc(-c2ccc(C3CCC([C@@H]4CCCN4)C3)cc2)cc1. The molecule has 0 spiro atoms. The van der Waals surface area contributed by atoms with Crippen molar-refractivity contribution in [1.29, 1.82) is 0 Å². The van der Waals surface area contributed by atoms with Crippen LogP contribution in [-0.4, -0.2) is 12.6 Å². The number of benzene rings is 2. The molecule has 4 atom stereocenters. The molecule has 2 aromatic carbocycles. The van der Waals surface area contributed by atoms with Gasteiger partial charge in [-0.25, -0.2) is 0 Å². The molecule has 0 bridgehead atoms. The molecule has 5 rings (SSSR count). The molecule has 2 aromatic rings. The minimum Gasteiger partial charge on any atom is -0.314 e. The van der Waals surface area contributed by atoms with E-state index in [1.165, 1.54) is 93.9 Å². The van der Waals surface area contributed by atoms with Gasteiger partial charge in [-0.2, -0.15) is 0 Å². The van der Waals surface area contributed by atoms with Gasteiger partial charge in [0, 0.05) is 6.04 Å². The Balaban J connectivity index is 1.17. The molecule has 31 heavy (non-hydrogen) atoms. The quantitative estimate of drug-likeness (QED) is 0.482. The van der Waals surface area contributed by atoms with Crippen LogP contribution in [0.5, 0.6) is 0 Å². The summed E-state index contributed by atoms with van der Waals surface area (Å²) in [6.45, 7) is 3.65. The van der Waals surface area contributed by atoms with Crippen LogP contribution in [0.3, 0.4) is 0 Å². The van der Waals surface area contributed by atoms with E-state index in [2.05, 4.69) is 60.8 Å². The summed E-state index contributed by atoms with van der Waals surface area (Å²) >= 11 is 0. The molecule has 3 unspecified atom stereocenters. The second-order valence-electron chi connectivity index (χ2n) is 10.8. The van der Waals surface area contributed by atoms with Crippen LogP contribution in [0.25, 0.3) is 11.1 Å². The molecule has 1 heteroatoms. The highest BCUT2D eigenvalue weighted by molar-refractivity contribution is 5.64. The maximum absolute atomic E-state index is 3.74. The lowest BCUT2D eigenvalue weighted by Crippen LogP contribution is -2.28. The second-order valence-corrected chi connectivity index (χ2v) is 10.8. The van der Waals surface area contributed by atoms with E-state index in [1.54, 1.807) is 5.56 Å². The molecule has 166 valence electrons. The van der Waals surface area contributed by atoms with Crippen LogP contribution in [0.2, 0.25) is 0 Å². The van der Waals surface area contributed by atoms with Gasteiger partial charge in [-0.1, -0.05) is 81.1 Å². The summed E-state index contributed by atoms with van der Waals surface area (Å²) in [4.78, 5) is 0. The summed E-state index contributed by atoms with van der Waals surface area (Å²) in [6.07, 6.45) is 15.6. The van der Waals surface area contributed by atoms with Crippen LogP contribution in [0.1, 0.15) is 101 Å². The average molecular weight is 416 g/mol. The lowest BCUT2D eigenvalue weighted by molar-refractivity contribution is 0.394. The number of hydrogen-bond acceptors (Lipinski definition) is 1. The van der Waals surface area contributed by atoms with Gasteiger partial charge in [0.1, 0.15) is 0 Å². The van der Waals surface area contributed by atoms with E-state index < -0.39 is 0 Å². The molecular weight excluding hydrogens is 374 g/mol. The first-order valence-electron chi connectivity index (χ1n) is 13.2. The lowest BCUT2D eigenvalue weighted by atomic mass is 9.89. The predicted octanol–water partition coefficient (Wildman–Crippen LogP) is 8.06. The minimum atomic E-state index is 0.682. The van der Waals surface area contributed by atoms with Gasteiger partial charge in [-0.05, 0) is 97.4 Å². The van der Waals surface area contributed by atoms with E-state index in [-0.39, 0.29) is 0 Å². The van der Waals surface area contributed by atoms with E-state index in [9.17, 15) is 0 Å². The molecule has 1 nitrogen and oxygen atoms in total. The highest BCUT2D eigenvalue weighted by Gasteiger charge is 2.32. The maximum atomic E-state index is 3.74. The summed E-state index contributed by atoms with van der Waals surface area (Å²) in [5.41, 5.74) is 5.79. The molecule has 1 saturated heterocycles. The summed E-state index contributed by atoms with van der Waals surface area (Å²) in [5, 5.41) is 3.74. The van der Waals surface area contributed by atoms with E-state index in [0.717, 1.165) is 23.8 Å². The van der Waals surface area contributed by atoms with Gasteiger partial charge in [0.05, 0.1) is 0 Å².